The summed E-state index contributed by atoms with van der Waals surface area (Å²) in [6.45, 7) is 5.06. The quantitative estimate of drug-likeness (QED) is 0.737. The molecule has 0 unspecified atom stereocenters. The molecule has 0 fully saturated rings. The van der Waals surface area contributed by atoms with E-state index in [9.17, 15) is 0 Å². The lowest BCUT2D eigenvalue weighted by Crippen LogP contribution is -2.01. The van der Waals surface area contributed by atoms with Gasteiger partial charge < -0.3 is 10.3 Å². The van der Waals surface area contributed by atoms with Gasteiger partial charge in [0.1, 0.15) is 5.52 Å². The topological polar surface area (TPSA) is 43.8 Å². The smallest absolute Gasteiger partial charge is 0.112 e. The number of anilines is 1. The molecule has 3 nitrogen and oxygen atoms in total. The molecule has 0 aliphatic carbocycles. The van der Waals surface area contributed by atoms with Gasteiger partial charge in [0.2, 0.25) is 0 Å². The second-order valence-electron chi connectivity index (χ2n) is 5.27. The lowest BCUT2D eigenvalue weighted by atomic mass is 10.1. The van der Waals surface area contributed by atoms with Crippen LogP contribution in [-0.4, -0.2) is 9.55 Å². The molecular formula is C17H19N3. The number of rotatable bonds is 3. The molecule has 2 N–H and O–H groups in total. The predicted molar refractivity (Wildman–Crippen MR) is 83.8 cm³/mol. The van der Waals surface area contributed by atoms with Gasteiger partial charge in [-0.05, 0) is 43.0 Å². The first kappa shape index (κ1) is 12.7. The Bertz CT molecular complexity index is 742. The zero-order valence-corrected chi connectivity index (χ0v) is 11.9. The summed E-state index contributed by atoms with van der Waals surface area (Å²) < 4.78 is 2.19. The Hall–Kier alpha value is -2.29. The van der Waals surface area contributed by atoms with Gasteiger partial charge in [-0.15, -0.1) is 0 Å². The zero-order valence-electron chi connectivity index (χ0n) is 11.9. The number of nitrogens with two attached hydrogens (primary N) is 1. The number of hydrogen-bond donors (Lipinski definition) is 1. The van der Waals surface area contributed by atoms with Gasteiger partial charge in [0, 0.05) is 6.54 Å². The largest absolute Gasteiger partial charge is 0.397 e. The van der Waals surface area contributed by atoms with E-state index in [2.05, 4.69) is 46.8 Å². The summed E-state index contributed by atoms with van der Waals surface area (Å²) in [7, 11) is 0. The Morgan fingerprint density at radius 2 is 1.90 bits per heavy atom. The van der Waals surface area contributed by atoms with Crippen molar-refractivity contribution >= 4 is 16.7 Å². The van der Waals surface area contributed by atoms with Crippen LogP contribution in [0.15, 0.2) is 42.7 Å². The molecule has 3 heteroatoms. The molecule has 20 heavy (non-hydrogen) atoms. The lowest BCUT2D eigenvalue weighted by Gasteiger charge is -2.08. The number of imidazole rings is 1. The lowest BCUT2D eigenvalue weighted by molar-refractivity contribution is 0.715. The van der Waals surface area contributed by atoms with E-state index in [-0.39, 0.29) is 0 Å². The van der Waals surface area contributed by atoms with Crippen LogP contribution in [0.2, 0.25) is 0 Å². The molecular weight excluding hydrogens is 246 g/mol. The molecule has 0 bridgehead atoms. The number of aryl methyl sites for hydroxylation is 3. The van der Waals surface area contributed by atoms with E-state index in [0.717, 1.165) is 35.2 Å². The van der Waals surface area contributed by atoms with Crippen LogP contribution in [0.25, 0.3) is 11.0 Å². The summed E-state index contributed by atoms with van der Waals surface area (Å²) in [6.07, 6.45) is 2.89. The van der Waals surface area contributed by atoms with Crippen molar-refractivity contribution in [2.24, 2.45) is 0 Å². The second-order valence-corrected chi connectivity index (χ2v) is 5.27. The van der Waals surface area contributed by atoms with Crippen LogP contribution in [-0.2, 0) is 13.0 Å². The van der Waals surface area contributed by atoms with Crippen molar-refractivity contribution in [1.29, 1.82) is 0 Å². The number of aromatic nitrogens is 2. The summed E-state index contributed by atoms with van der Waals surface area (Å²) in [5.74, 6) is 0. The van der Waals surface area contributed by atoms with E-state index in [4.69, 9.17) is 5.73 Å². The van der Waals surface area contributed by atoms with E-state index < -0.39 is 0 Å². The van der Waals surface area contributed by atoms with Crippen molar-refractivity contribution in [2.45, 2.75) is 26.8 Å². The maximum atomic E-state index is 6.16. The normalized spacial score (nSPS) is 11.1. The molecule has 0 saturated heterocycles. The van der Waals surface area contributed by atoms with Gasteiger partial charge in [0.05, 0.1) is 17.5 Å². The minimum absolute atomic E-state index is 0.804. The molecule has 102 valence electrons. The van der Waals surface area contributed by atoms with Crippen LogP contribution < -0.4 is 5.73 Å². The van der Waals surface area contributed by atoms with Crippen LogP contribution in [0.4, 0.5) is 5.69 Å². The van der Waals surface area contributed by atoms with Gasteiger partial charge in [0.25, 0.3) is 0 Å². The molecule has 0 spiro atoms. The molecule has 1 heterocycles. The third kappa shape index (κ3) is 2.16. The van der Waals surface area contributed by atoms with Crippen molar-refractivity contribution in [2.75, 3.05) is 5.73 Å². The summed E-state index contributed by atoms with van der Waals surface area (Å²) in [6, 6.07) is 12.7. The predicted octanol–water partition coefficient (Wildman–Crippen LogP) is 3.48. The van der Waals surface area contributed by atoms with Gasteiger partial charge in [-0.1, -0.05) is 30.3 Å². The Balaban J connectivity index is 1.93. The molecule has 0 aliphatic heterocycles. The van der Waals surface area contributed by atoms with Gasteiger partial charge >= 0.3 is 0 Å². The van der Waals surface area contributed by atoms with Crippen LogP contribution in [0.5, 0.6) is 0 Å². The highest BCUT2D eigenvalue weighted by molar-refractivity contribution is 5.90. The van der Waals surface area contributed by atoms with Crippen LogP contribution in [0.1, 0.15) is 16.7 Å². The molecule has 0 aliphatic rings. The third-order valence-corrected chi connectivity index (χ3v) is 3.97. The number of nitrogens with zero attached hydrogens (tertiary/aromatic N) is 2. The van der Waals surface area contributed by atoms with E-state index in [0.29, 0.717) is 0 Å². The van der Waals surface area contributed by atoms with Crippen LogP contribution in [0.3, 0.4) is 0 Å². The first-order chi connectivity index (χ1) is 9.66. The molecule has 1 aromatic heterocycles. The Morgan fingerprint density at radius 1 is 1.15 bits per heavy atom. The third-order valence-electron chi connectivity index (χ3n) is 3.97. The van der Waals surface area contributed by atoms with E-state index in [1.165, 1.54) is 11.1 Å². The first-order valence-corrected chi connectivity index (χ1v) is 6.91. The number of benzene rings is 2. The highest BCUT2D eigenvalue weighted by atomic mass is 15.0. The Morgan fingerprint density at radius 3 is 2.65 bits per heavy atom. The fraction of sp³-hybridized carbons (Fsp3) is 0.235. The van der Waals surface area contributed by atoms with Gasteiger partial charge in [-0.25, -0.2) is 4.98 Å². The van der Waals surface area contributed by atoms with Crippen molar-refractivity contribution in [3.8, 4) is 0 Å². The maximum absolute atomic E-state index is 6.16. The summed E-state index contributed by atoms with van der Waals surface area (Å²) in [5.41, 5.74) is 12.7. The molecule has 3 aromatic rings. The highest BCUT2D eigenvalue weighted by Gasteiger charge is 2.10. The molecule has 0 atom stereocenters. The Labute approximate surface area is 119 Å². The van der Waals surface area contributed by atoms with Gasteiger partial charge in [0.15, 0.2) is 0 Å². The second kappa shape index (κ2) is 5.00. The van der Waals surface area contributed by atoms with E-state index in [1.54, 1.807) is 0 Å². The minimum atomic E-state index is 0.804. The summed E-state index contributed by atoms with van der Waals surface area (Å²) in [5, 5.41) is 0. The van der Waals surface area contributed by atoms with E-state index in [1.807, 2.05) is 19.3 Å². The SMILES string of the molecule is Cc1cc2c(ncn2CCc2ccccc2)c(N)c1C. The van der Waals surface area contributed by atoms with Crippen molar-refractivity contribution in [3.05, 3.63) is 59.4 Å². The summed E-state index contributed by atoms with van der Waals surface area (Å²) >= 11 is 0. The fourth-order valence-corrected chi connectivity index (χ4v) is 2.53. The van der Waals surface area contributed by atoms with Gasteiger partial charge in [-0.2, -0.15) is 0 Å². The molecule has 0 radical (unpaired) electrons. The fourth-order valence-electron chi connectivity index (χ4n) is 2.53. The standard InChI is InChI=1S/C17H19N3/c1-12-10-15-17(16(18)13(12)2)19-11-20(15)9-8-14-6-4-3-5-7-14/h3-7,10-11H,8-9,18H2,1-2H3. The minimum Gasteiger partial charge on any atom is -0.397 e. The number of hydrogen-bond acceptors (Lipinski definition) is 2. The van der Waals surface area contributed by atoms with E-state index >= 15 is 0 Å². The zero-order chi connectivity index (χ0) is 14.1. The monoisotopic (exact) mass is 265 g/mol. The van der Waals surface area contributed by atoms with Crippen LogP contribution >= 0.6 is 0 Å². The van der Waals surface area contributed by atoms with Crippen molar-refractivity contribution in [1.82, 2.24) is 9.55 Å². The summed E-state index contributed by atoms with van der Waals surface area (Å²) in [4.78, 5) is 4.47. The number of nitrogen functional groups attached to an aromatic ring is 1. The van der Waals surface area contributed by atoms with Crippen molar-refractivity contribution in [3.63, 3.8) is 0 Å². The molecule has 0 saturated carbocycles. The molecule has 3 rings (SSSR count). The average Bonchev–Trinajstić information content (AvgIpc) is 2.87. The first-order valence-electron chi connectivity index (χ1n) is 6.91. The van der Waals surface area contributed by atoms with Crippen molar-refractivity contribution < 1.29 is 0 Å². The highest BCUT2D eigenvalue weighted by Crippen LogP contribution is 2.26. The molecule has 0 amide bonds. The maximum Gasteiger partial charge on any atom is 0.112 e. The molecule has 2 aromatic carbocycles. The average molecular weight is 265 g/mol. The number of fused-ring (bicyclic) bond motifs is 1. The van der Waals surface area contributed by atoms with Gasteiger partial charge in [-0.3, -0.25) is 0 Å². The van der Waals surface area contributed by atoms with Crippen LogP contribution in [0, 0.1) is 13.8 Å². The Kier molecular flexibility index (Phi) is 3.18.